The maximum atomic E-state index is 6.50. The molecular weight excluding hydrogens is 328 g/mol. The SMILES string of the molecule is c1ccc(-c2oc(-c3ccccc3)c3c(-c4ccccc4)cccc23)cc1. The van der Waals surface area contributed by atoms with Gasteiger partial charge in [-0.3, -0.25) is 0 Å². The zero-order chi connectivity index (χ0) is 18.1. The van der Waals surface area contributed by atoms with Crippen LogP contribution >= 0.6 is 0 Å². The minimum absolute atomic E-state index is 0.919. The maximum Gasteiger partial charge on any atom is 0.143 e. The highest BCUT2D eigenvalue weighted by Gasteiger charge is 2.19. The summed E-state index contributed by atoms with van der Waals surface area (Å²) in [6.07, 6.45) is 0. The van der Waals surface area contributed by atoms with E-state index in [2.05, 4.69) is 78.9 Å². The molecule has 5 aromatic rings. The Labute approximate surface area is 158 Å². The number of furan rings is 1. The summed E-state index contributed by atoms with van der Waals surface area (Å²) in [6.45, 7) is 0. The normalized spacial score (nSPS) is 11.0. The molecule has 0 saturated carbocycles. The Balaban J connectivity index is 1.87. The molecule has 128 valence electrons. The van der Waals surface area contributed by atoms with Gasteiger partial charge < -0.3 is 4.42 Å². The van der Waals surface area contributed by atoms with Crippen molar-refractivity contribution >= 4 is 10.8 Å². The van der Waals surface area contributed by atoms with Crippen molar-refractivity contribution in [3.8, 4) is 33.8 Å². The molecule has 0 aliphatic rings. The first-order valence-electron chi connectivity index (χ1n) is 9.13. The summed E-state index contributed by atoms with van der Waals surface area (Å²) in [5.74, 6) is 1.84. The van der Waals surface area contributed by atoms with Gasteiger partial charge in [-0.05, 0) is 11.1 Å². The lowest BCUT2D eigenvalue weighted by molar-refractivity contribution is 0.602. The van der Waals surface area contributed by atoms with Gasteiger partial charge in [0.05, 0.1) is 0 Å². The molecule has 5 rings (SSSR count). The summed E-state index contributed by atoms with van der Waals surface area (Å²) in [5.41, 5.74) is 4.57. The lowest BCUT2D eigenvalue weighted by Gasteiger charge is -2.06. The summed E-state index contributed by atoms with van der Waals surface area (Å²) in [7, 11) is 0. The van der Waals surface area contributed by atoms with Crippen LogP contribution in [0.25, 0.3) is 44.5 Å². The monoisotopic (exact) mass is 346 g/mol. The van der Waals surface area contributed by atoms with Gasteiger partial charge in [0.15, 0.2) is 0 Å². The molecule has 0 saturated heterocycles. The van der Waals surface area contributed by atoms with Crippen molar-refractivity contribution in [2.45, 2.75) is 0 Å². The lowest BCUT2D eigenvalue weighted by atomic mass is 9.96. The molecule has 0 spiro atoms. The number of benzene rings is 4. The van der Waals surface area contributed by atoms with Crippen molar-refractivity contribution in [2.75, 3.05) is 0 Å². The molecule has 0 amide bonds. The Morgan fingerprint density at radius 1 is 0.407 bits per heavy atom. The Bertz CT molecular complexity index is 1190. The highest BCUT2D eigenvalue weighted by Crippen LogP contribution is 2.43. The summed E-state index contributed by atoms with van der Waals surface area (Å²) in [5, 5.41) is 2.30. The molecule has 1 nitrogen and oxygen atoms in total. The van der Waals surface area contributed by atoms with Crippen LogP contribution in [0.5, 0.6) is 0 Å². The average molecular weight is 346 g/mol. The third-order valence-electron chi connectivity index (χ3n) is 4.90. The number of hydrogen-bond donors (Lipinski definition) is 0. The van der Waals surface area contributed by atoms with Crippen LogP contribution < -0.4 is 0 Å². The fourth-order valence-corrected chi connectivity index (χ4v) is 3.65. The van der Waals surface area contributed by atoms with Gasteiger partial charge in [-0.25, -0.2) is 0 Å². The zero-order valence-corrected chi connectivity index (χ0v) is 14.8. The van der Waals surface area contributed by atoms with Crippen LogP contribution in [0.3, 0.4) is 0 Å². The Kier molecular flexibility index (Phi) is 3.84. The molecule has 1 heteroatoms. The zero-order valence-electron chi connectivity index (χ0n) is 14.8. The molecule has 0 aliphatic carbocycles. The van der Waals surface area contributed by atoms with Crippen molar-refractivity contribution in [3.63, 3.8) is 0 Å². The summed E-state index contributed by atoms with van der Waals surface area (Å²) in [6, 6.07) is 37.6. The van der Waals surface area contributed by atoms with Crippen LogP contribution in [0.2, 0.25) is 0 Å². The van der Waals surface area contributed by atoms with Gasteiger partial charge in [0.25, 0.3) is 0 Å². The van der Waals surface area contributed by atoms with Crippen LogP contribution in [-0.2, 0) is 0 Å². The Morgan fingerprint density at radius 2 is 0.926 bits per heavy atom. The summed E-state index contributed by atoms with van der Waals surface area (Å²) >= 11 is 0. The fraction of sp³-hybridized carbons (Fsp3) is 0. The topological polar surface area (TPSA) is 13.1 Å². The van der Waals surface area contributed by atoms with Crippen molar-refractivity contribution < 1.29 is 4.42 Å². The Morgan fingerprint density at radius 3 is 1.52 bits per heavy atom. The molecule has 27 heavy (non-hydrogen) atoms. The van der Waals surface area contributed by atoms with Crippen LogP contribution in [-0.4, -0.2) is 0 Å². The largest absolute Gasteiger partial charge is 0.455 e. The second kappa shape index (κ2) is 6.62. The number of fused-ring (bicyclic) bond motifs is 1. The molecule has 0 fully saturated rings. The first-order chi connectivity index (χ1) is 13.4. The van der Waals surface area contributed by atoms with E-state index < -0.39 is 0 Å². The second-order valence-electron chi connectivity index (χ2n) is 6.59. The third kappa shape index (κ3) is 2.74. The fourth-order valence-electron chi connectivity index (χ4n) is 3.65. The van der Waals surface area contributed by atoms with Crippen molar-refractivity contribution in [1.29, 1.82) is 0 Å². The van der Waals surface area contributed by atoms with Crippen molar-refractivity contribution in [1.82, 2.24) is 0 Å². The molecule has 1 heterocycles. The lowest BCUT2D eigenvalue weighted by Crippen LogP contribution is -1.81. The first kappa shape index (κ1) is 15.7. The molecule has 0 bridgehead atoms. The Hall–Kier alpha value is -3.58. The number of hydrogen-bond acceptors (Lipinski definition) is 1. The van der Waals surface area contributed by atoms with E-state index in [1.807, 2.05) is 30.3 Å². The highest BCUT2D eigenvalue weighted by molar-refractivity contribution is 6.10. The van der Waals surface area contributed by atoms with E-state index in [4.69, 9.17) is 4.42 Å². The standard InChI is InChI=1S/C26H18O/c1-4-11-19(12-5-1)22-17-10-18-23-24(22)26(21-15-8-3-9-16-21)27-25(23)20-13-6-2-7-14-20/h1-18H. The molecule has 0 unspecified atom stereocenters. The molecule has 4 aromatic carbocycles. The smallest absolute Gasteiger partial charge is 0.143 e. The minimum Gasteiger partial charge on any atom is -0.455 e. The van der Waals surface area contributed by atoms with Crippen LogP contribution in [0, 0.1) is 0 Å². The molecule has 0 atom stereocenters. The van der Waals surface area contributed by atoms with Gasteiger partial charge >= 0.3 is 0 Å². The number of rotatable bonds is 3. The van der Waals surface area contributed by atoms with E-state index in [0.717, 1.165) is 33.4 Å². The van der Waals surface area contributed by atoms with Gasteiger partial charge in [-0.15, -0.1) is 0 Å². The van der Waals surface area contributed by atoms with Gasteiger partial charge in [0, 0.05) is 21.9 Å². The van der Waals surface area contributed by atoms with E-state index in [1.165, 1.54) is 11.1 Å². The molecule has 0 radical (unpaired) electrons. The molecular formula is C26H18O. The molecule has 0 N–H and O–H groups in total. The minimum atomic E-state index is 0.919. The third-order valence-corrected chi connectivity index (χ3v) is 4.90. The van der Waals surface area contributed by atoms with Gasteiger partial charge in [0.2, 0.25) is 0 Å². The summed E-state index contributed by atoms with van der Waals surface area (Å²) < 4.78 is 6.50. The average Bonchev–Trinajstić information content (AvgIpc) is 3.15. The van der Waals surface area contributed by atoms with Gasteiger partial charge in [0.1, 0.15) is 11.5 Å². The highest BCUT2D eigenvalue weighted by atomic mass is 16.3. The second-order valence-corrected chi connectivity index (χ2v) is 6.59. The van der Waals surface area contributed by atoms with Gasteiger partial charge in [-0.2, -0.15) is 0 Å². The van der Waals surface area contributed by atoms with E-state index in [0.29, 0.717) is 0 Å². The van der Waals surface area contributed by atoms with Gasteiger partial charge in [-0.1, -0.05) is 109 Å². The quantitative estimate of drug-likeness (QED) is 0.331. The first-order valence-corrected chi connectivity index (χ1v) is 9.13. The van der Waals surface area contributed by atoms with E-state index >= 15 is 0 Å². The van der Waals surface area contributed by atoms with Crippen molar-refractivity contribution in [2.24, 2.45) is 0 Å². The van der Waals surface area contributed by atoms with Crippen LogP contribution in [0.1, 0.15) is 0 Å². The predicted octanol–water partition coefficient (Wildman–Crippen LogP) is 7.43. The van der Waals surface area contributed by atoms with Crippen LogP contribution in [0.15, 0.2) is 114 Å². The van der Waals surface area contributed by atoms with E-state index in [1.54, 1.807) is 0 Å². The van der Waals surface area contributed by atoms with Crippen molar-refractivity contribution in [3.05, 3.63) is 109 Å². The summed E-state index contributed by atoms with van der Waals surface area (Å²) in [4.78, 5) is 0. The molecule has 0 aliphatic heterocycles. The van der Waals surface area contributed by atoms with E-state index in [-0.39, 0.29) is 0 Å². The molecule has 1 aromatic heterocycles. The van der Waals surface area contributed by atoms with Crippen LogP contribution in [0.4, 0.5) is 0 Å². The van der Waals surface area contributed by atoms with E-state index in [9.17, 15) is 0 Å². The predicted molar refractivity (Wildman–Crippen MR) is 113 cm³/mol. The maximum absolute atomic E-state index is 6.50.